The maximum atomic E-state index is 12.9. The van der Waals surface area contributed by atoms with Gasteiger partial charge < -0.3 is 15.3 Å². The standard InChI is InChI=1S/C16H24N2O2/c1-3-8-16(9-11-17-12-10-16)15(20)18(2)13-4-6-14(19)7-5-13/h4-7,17,19H,3,8-12H2,1-2H3. The average molecular weight is 276 g/mol. The lowest BCUT2D eigenvalue weighted by Gasteiger charge is -2.39. The van der Waals surface area contributed by atoms with Crippen LogP contribution in [0, 0.1) is 5.41 Å². The number of anilines is 1. The topological polar surface area (TPSA) is 52.6 Å². The number of amides is 1. The van der Waals surface area contributed by atoms with Gasteiger partial charge in [-0.05, 0) is 56.6 Å². The molecule has 110 valence electrons. The summed E-state index contributed by atoms with van der Waals surface area (Å²) in [6.07, 6.45) is 3.77. The predicted molar refractivity (Wildman–Crippen MR) is 81.0 cm³/mol. The highest BCUT2D eigenvalue weighted by atomic mass is 16.3. The van der Waals surface area contributed by atoms with E-state index in [0.29, 0.717) is 0 Å². The summed E-state index contributed by atoms with van der Waals surface area (Å²) < 4.78 is 0. The average Bonchev–Trinajstić information content (AvgIpc) is 2.48. The van der Waals surface area contributed by atoms with Gasteiger partial charge in [0.2, 0.25) is 5.91 Å². The Kier molecular flexibility index (Phi) is 4.65. The second-order valence-corrected chi connectivity index (χ2v) is 5.66. The summed E-state index contributed by atoms with van der Waals surface area (Å²) in [5.74, 6) is 0.422. The smallest absolute Gasteiger partial charge is 0.233 e. The minimum atomic E-state index is -0.230. The summed E-state index contributed by atoms with van der Waals surface area (Å²) in [6, 6.07) is 6.81. The number of nitrogens with zero attached hydrogens (tertiary/aromatic N) is 1. The molecule has 4 nitrogen and oxygen atoms in total. The number of aromatic hydroxyl groups is 1. The highest BCUT2D eigenvalue weighted by molar-refractivity contribution is 5.97. The maximum absolute atomic E-state index is 12.9. The number of piperidine rings is 1. The Morgan fingerprint density at radius 3 is 2.45 bits per heavy atom. The van der Waals surface area contributed by atoms with E-state index in [1.807, 2.05) is 7.05 Å². The second kappa shape index (κ2) is 6.27. The van der Waals surface area contributed by atoms with Crippen molar-refractivity contribution in [2.24, 2.45) is 5.41 Å². The van der Waals surface area contributed by atoms with Crippen LogP contribution in [0.3, 0.4) is 0 Å². The van der Waals surface area contributed by atoms with E-state index >= 15 is 0 Å². The Morgan fingerprint density at radius 2 is 1.90 bits per heavy atom. The zero-order valence-electron chi connectivity index (χ0n) is 12.4. The molecule has 4 heteroatoms. The van der Waals surface area contributed by atoms with Crippen molar-refractivity contribution >= 4 is 11.6 Å². The SMILES string of the molecule is CCCC1(C(=O)N(C)c2ccc(O)cc2)CCNCC1. The number of phenols is 1. The number of benzene rings is 1. The fourth-order valence-corrected chi connectivity index (χ4v) is 3.10. The number of carbonyl (C=O) groups excluding carboxylic acids is 1. The molecule has 1 saturated heterocycles. The van der Waals surface area contributed by atoms with Crippen molar-refractivity contribution in [1.29, 1.82) is 0 Å². The van der Waals surface area contributed by atoms with E-state index in [9.17, 15) is 9.90 Å². The van der Waals surface area contributed by atoms with Crippen LogP contribution in [0.15, 0.2) is 24.3 Å². The Labute approximate surface area is 120 Å². The lowest BCUT2D eigenvalue weighted by atomic mass is 9.74. The van der Waals surface area contributed by atoms with Gasteiger partial charge in [-0.25, -0.2) is 0 Å². The van der Waals surface area contributed by atoms with Crippen LogP contribution in [0.5, 0.6) is 5.75 Å². The molecule has 0 radical (unpaired) electrons. The lowest BCUT2D eigenvalue weighted by Crippen LogP contribution is -2.48. The number of hydrogen-bond donors (Lipinski definition) is 2. The molecule has 2 rings (SSSR count). The molecule has 1 aliphatic heterocycles. The van der Waals surface area contributed by atoms with Gasteiger partial charge in [0.25, 0.3) is 0 Å². The number of carbonyl (C=O) groups is 1. The first-order valence-corrected chi connectivity index (χ1v) is 7.37. The number of nitrogens with one attached hydrogen (secondary N) is 1. The Hall–Kier alpha value is -1.55. The molecule has 1 amide bonds. The Balaban J connectivity index is 2.20. The Bertz CT molecular complexity index is 445. The van der Waals surface area contributed by atoms with Crippen LogP contribution in [0.25, 0.3) is 0 Å². The molecule has 0 unspecified atom stereocenters. The van der Waals surface area contributed by atoms with Gasteiger partial charge in [-0.1, -0.05) is 13.3 Å². The molecule has 0 spiro atoms. The summed E-state index contributed by atoms with van der Waals surface area (Å²) in [4.78, 5) is 14.7. The third-order valence-corrected chi connectivity index (χ3v) is 4.28. The van der Waals surface area contributed by atoms with E-state index in [1.165, 1.54) is 0 Å². The Morgan fingerprint density at radius 1 is 1.30 bits per heavy atom. The number of rotatable bonds is 4. The summed E-state index contributed by atoms with van der Waals surface area (Å²) >= 11 is 0. The maximum Gasteiger partial charge on any atom is 0.233 e. The van der Waals surface area contributed by atoms with Gasteiger partial charge in [0.05, 0.1) is 5.41 Å². The largest absolute Gasteiger partial charge is 0.508 e. The van der Waals surface area contributed by atoms with Gasteiger partial charge in [0.15, 0.2) is 0 Å². The van der Waals surface area contributed by atoms with Gasteiger partial charge in [0, 0.05) is 12.7 Å². The summed E-state index contributed by atoms with van der Waals surface area (Å²) in [5.41, 5.74) is 0.605. The second-order valence-electron chi connectivity index (χ2n) is 5.66. The minimum Gasteiger partial charge on any atom is -0.508 e. The predicted octanol–water partition coefficient (Wildman–Crippen LogP) is 2.52. The summed E-state index contributed by atoms with van der Waals surface area (Å²) in [5, 5.41) is 12.7. The zero-order chi connectivity index (χ0) is 14.6. The van der Waals surface area contributed by atoms with Crippen LogP contribution in [0.2, 0.25) is 0 Å². The molecule has 0 saturated carbocycles. The molecule has 0 aliphatic carbocycles. The first-order valence-electron chi connectivity index (χ1n) is 7.37. The van der Waals surface area contributed by atoms with Crippen LogP contribution in [0.4, 0.5) is 5.69 Å². The van der Waals surface area contributed by atoms with Crippen molar-refractivity contribution in [3.8, 4) is 5.75 Å². The molecule has 0 atom stereocenters. The van der Waals surface area contributed by atoms with E-state index in [-0.39, 0.29) is 17.1 Å². The zero-order valence-corrected chi connectivity index (χ0v) is 12.4. The number of phenolic OH excluding ortho intramolecular Hbond substituents is 1. The third kappa shape index (κ3) is 2.96. The normalized spacial score (nSPS) is 17.7. The van der Waals surface area contributed by atoms with Crippen LogP contribution in [0.1, 0.15) is 32.6 Å². The van der Waals surface area contributed by atoms with E-state index in [1.54, 1.807) is 29.2 Å². The molecule has 20 heavy (non-hydrogen) atoms. The van der Waals surface area contributed by atoms with Gasteiger partial charge >= 0.3 is 0 Å². The molecule has 1 aromatic rings. The summed E-state index contributed by atoms with van der Waals surface area (Å²) in [7, 11) is 1.83. The highest BCUT2D eigenvalue weighted by Gasteiger charge is 2.40. The fourth-order valence-electron chi connectivity index (χ4n) is 3.10. The van der Waals surface area contributed by atoms with E-state index in [2.05, 4.69) is 12.2 Å². The third-order valence-electron chi connectivity index (χ3n) is 4.28. The fraction of sp³-hybridized carbons (Fsp3) is 0.562. The summed E-state index contributed by atoms with van der Waals surface area (Å²) in [6.45, 7) is 3.96. The quantitative estimate of drug-likeness (QED) is 0.888. The molecule has 1 heterocycles. The van der Waals surface area contributed by atoms with Crippen LogP contribution in [-0.4, -0.2) is 31.2 Å². The van der Waals surface area contributed by atoms with Crippen LogP contribution >= 0.6 is 0 Å². The van der Waals surface area contributed by atoms with Crippen molar-refractivity contribution in [1.82, 2.24) is 5.32 Å². The molecule has 1 fully saturated rings. The minimum absolute atomic E-state index is 0.200. The highest BCUT2D eigenvalue weighted by Crippen LogP contribution is 2.37. The molecule has 1 aromatic carbocycles. The first kappa shape index (κ1) is 14.9. The lowest BCUT2D eigenvalue weighted by molar-refractivity contribution is -0.130. The van der Waals surface area contributed by atoms with Gasteiger partial charge in [-0.15, -0.1) is 0 Å². The molecular formula is C16H24N2O2. The molecule has 1 aliphatic rings. The molecular weight excluding hydrogens is 252 g/mol. The molecule has 0 bridgehead atoms. The first-order chi connectivity index (χ1) is 9.59. The van der Waals surface area contributed by atoms with Crippen LogP contribution in [-0.2, 0) is 4.79 Å². The van der Waals surface area contributed by atoms with Crippen LogP contribution < -0.4 is 10.2 Å². The monoisotopic (exact) mass is 276 g/mol. The van der Waals surface area contributed by atoms with Crippen molar-refractivity contribution in [2.75, 3.05) is 25.0 Å². The van der Waals surface area contributed by atoms with Crippen molar-refractivity contribution in [2.45, 2.75) is 32.6 Å². The number of hydrogen-bond acceptors (Lipinski definition) is 3. The van der Waals surface area contributed by atoms with Gasteiger partial charge in [-0.3, -0.25) is 4.79 Å². The van der Waals surface area contributed by atoms with Crippen molar-refractivity contribution < 1.29 is 9.90 Å². The van der Waals surface area contributed by atoms with Gasteiger partial charge in [-0.2, -0.15) is 0 Å². The van der Waals surface area contributed by atoms with E-state index < -0.39 is 0 Å². The van der Waals surface area contributed by atoms with Crippen molar-refractivity contribution in [3.63, 3.8) is 0 Å². The van der Waals surface area contributed by atoms with Crippen molar-refractivity contribution in [3.05, 3.63) is 24.3 Å². The van der Waals surface area contributed by atoms with Gasteiger partial charge in [0.1, 0.15) is 5.75 Å². The van der Waals surface area contributed by atoms with E-state index in [4.69, 9.17) is 0 Å². The molecule has 2 N–H and O–H groups in total. The molecule has 0 aromatic heterocycles. The van der Waals surface area contributed by atoms with E-state index in [0.717, 1.165) is 44.5 Å².